The molecule has 19 heavy (non-hydrogen) atoms. The van der Waals surface area contributed by atoms with E-state index in [1.165, 1.54) is 12.1 Å². The summed E-state index contributed by atoms with van der Waals surface area (Å²) in [5, 5.41) is 3.53. The number of aryl methyl sites for hydroxylation is 1. The van der Waals surface area contributed by atoms with E-state index < -0.39 is 0 Å². The summed E-state index contributed by atoms with van der Waals surface area (Å²) in [6.45, 7) is 1.86. The highest BCUT2D eigenvalue weighted by Gasteiger charge is 2.12. The molecular weight excluding hydrogens is 307 g/mol. The van der Waals surface area contributed by atoms with E-state index in [-0.39, 0.29) is 16.2 Å². The maximum atomic E-state index is 12.1. The Balaban J connectivity index is 2.31. The van der Waals surface area contributed by atoms with E-state index in [0.717, 1.165) is 5.56 Å². The van der Waals surface area contributed by atoms with Crippen LogP contribution in [-0.4, -0.2) is 10.9 Å². The molecule has 0 fully saturated rings. The van der Waals surface area contributed by atoms with Gasteiger partial charge in [0.2, 0.25) is 0 Å². The molecule has 0 atom stereocenters. The Hall–Kier alpha value is -1.29. The van der Waals surface area contributed by atoms with Crippen LogP contribution in [0.1, 0.15) is 15.9 Å². The number of hydrogen-bond donors (Lipinski definition) is 1. The van der Waals surface area contributed by atoms with E-state index >= 15 is 0 Å². The average Bonchev–Trinajstić information content (AvgIpc) is 2.32. The van der Waals surface area contributed by atoms with Crippen LogP contribution in [0.5, 0.6) is 0 Å². The van der Waals surface area contributed by atoms with Crippen LogP contribution in [0.4, 0.5) is 5.69 Å². The number of amides is 1. The smallest absolute Gasteiger partial charge is 0.255 e. The number of halogens is 3. The van der Waals surface area contributed by atoms with Gasteiger partial charge in [0.1, 0.15) is 10.3 Å². The number of benzene rings is 1. The lowest BCUT2D eigenvalue weighted by molar-refractivity contribution is 0.102. The molecule has 0 spiro atoms. The Labute approximate surface area is 125 Å². The molecule has 3 nitrogen and oxygen atoms in total. The average molecular weight is 316 g/mol. The normalized spacial score (nSPS) is 10.3. The molecule has 0 bridgehead atoms. The van der Waals surface area contributed by atoms with Gasteiger partial charge in [-0.15, -0.1) is 0 Å². The van der Waals surface area contributed by atoms with Crippen molar-refractivity contribution in [2.75, 3.05) is 5.32 Å². The predicted octanol–water partition coefficient (Wildman–Crippen LogP) is 4.60. The van der Waals surface area contributed by atoms with Crippen molar-refractivity contribution in [3.63, 3.8) is 0 Å². The van der Waals surface area contributed by atoms with Crippen molar-refractivity contribution in [2.24, 2.45) is 0 Å². The third-order valence-corrected chi connectivity index (χ3v) is 3.19. The standard InChI is InChI=1S/C13H9Cl3N2O/c1-7-3-2-4-9(14)12(7)18-13(19)8-5-10(15)17-11(16)6-8/h2-6H,1H3,(H,18,19). The summed E-state index contributed by atoms with van der Waals surface area (Å²) in [6, 6.07) is 8.25. The highest BCUT2D eigenvalue weighted by molar-refractivity contribution is 6.34. The molecule has 2 aromatic rings. The number of pyridine rings is 1. The van der Waals surface area contributed by atoms with Gasteiger partial charge >= 0.3 is 0 Å². The van der Waals surface area contributed by atoms with Crippen LogP contribution in [-0.2, 0) is 0 Å². The van der Waals surface area contributed by atoms with Gasteiger partial charge in [-0.25, -0.2) is 4.98 Å². The van der Waals surface area contributed by atoms with E-state index in [9.17, 15) is 4.79 Å². The molecule has 1 heterocycles. The summed E-state index contributed by atoms with van der Waals surface area (Å²) < 4.78 is 0. The number of hydrogen-bond acceptors (Lipinski definition) is 2. The molecular formula is C13H9Cl3N2O. The van der Waals surface area contributed by atoms with Gasteiger partial charge in [-0.3, -0.25) is 4.79 Å². The van der Waals surface area contributed by atoms with Crippen molar-refractivity contribution in [1.29, 1.82) is 0 Å². The van der Waals surface area contributed by atoms with Gasteiger partial charge in [0.15, 0.2) is 0 Å². The molecule has 1 aromatic carbocycles. The number of anilines is 1. The van der Waals surface area contributed by atoms with E-state index in [2.05, 4.69) is 10.3 Å². The van der Waals surface area contributed by atoms with Crippen molar-refractivity contribution < 1.29 is 4.79 Å². The van der Waals surface area contributed by atoms with E-state index in [1.54, 1.807) is 6.07 Å². The largest absolute Gasteiger partial charge is 0.320 e. The monoisotopic (exact) mass is 314 g/mol. The molecule has 1 amide bonds. The van der Waals surface area contributed by atoms with Crippen molar-refractivity contribution in [3.8, 4) is 0 Å². The van der Waals surface area contributed by atoms with E-state index in [0.29, 0.717) is 16.3 Å². The van der Waals surface area contributed by atoms with Gasteiger partial charge < -0.3 is 5.32 Å². The van der Waals surface area contributed by atoms with E-state index in [4.69, 9.17) is 34.8 Å². The maximum Gasteiger partial charge on any atom is 0.255 e. The number of aromatic nitrogens is 1. The molecule has 0 saturated carbocycles. The van der Waals surface area contributed by atoms with Crippen LogP contribution < -0.4 is 5.32 Å². The minimum atomic E-state index is -0.345. The lowest BCUT2D eigenvalue weighted by atomic mass is 10.2. The third kappa shape index (κ3) is 3.38. The highest BCUT2D eigenvalue weighted by atomic mass is 35.5. The van der Waals surface area contributed by atoms with Crippen LogP contribution in [0.2, 0.25) is 15.3 Å². The minimum Gasteiger partial charge on any atom is -0.320 e. The number of carbonyl (C=O) groups excluding carboxylic acids is 1. The summed E-state index contributed by atoms with van der Waals surface area (Å²) >= 11 is 17.6. The molecule has 0 unspecified atom stereocenters. The SMILES string of the molecule is Cc1cccc(Cl)c1NC(=O)c1cc(Cl)nc(Cl)c1. The molecule has 98 valence electrons. The Bertz CT molecular complexity index is 603. The fourth-order valence-electron chi connectivity index (χ4n) is 1.57. The molecule has 1 aromatic heterocycles. The Morgan fingerprint density at radius 3 is 2.37 bits per heavy atom. The first-order chi connectivity index (χ1) is 8.97. The van der Waals surface area contributed by atoms with Crippen molar-refractivity contribution in [2.45, 2.75) is 6.92 Å². The lowest BCUT2D eigenvalue weighted by Gasteiger charge is -2.10. The van der Waals surface area contributed by atoms with Crippen molar-refractivity contribution >= 4 is 46.4 Å². The van der Waals surface area contributed by atoms with Crippen LogP contribution in [0.3, 0.4) is 0 Å². The first kappa shape index (κ1) is 14.1. The summed E-state index contributed by atoms with van der Waals surface area (Å²) in [6.07, 6.45) is 0. The van der Waals surface area contributed by atoms with Gasteiger partial charge in [-0.05, 0) is 30.7 Å². The summed E-state index contributed by atoms with van der Waals surface area (Å²) in [5.41, 5.74) is 1.76. The van der Waals surface area contributed by atoms with Gasteiger partial charge in [0.25, 0.3) is 5.91 Å². The molecule has 0 aliphatic heterocycles. The number of rotatable bonds is 2. The zero-order chi connectivity index (χ0) is 14.0. The number of carbonyl (C=O) groups is 1. The first-order valence-electron chi connectivity index (χ1n) is 5.37. The maximum absolute atomic E-state index is 12.1. The van der Waals surface area contributed by atoms with Crippen LogP contribution >= 0.6 is 34.8 Å². The summed E-state index contributed by atoms with van der Waals surface area (Å²) in [5.74, 6) is -0.345. The van der Waals surface area contributed by atoms with Crippen molar-refractivity contribution in [3.05, 3.63) is 56.8 Å². The number of nitrogens with zero attached hydrogens (tertiary/aromatic N) is 1. The fourth-order valence-corrected chi connectivity index (χ4v) is 2.30. The van der Waals surface area contributed by atoms with Crippen LogP contribution in [0, 0.1) is 6.92 Å². The topological polar surface area (TPSA) is 42.0 Å². The van der Waals surface area contributed by atoms with Gasteiger partial charge in [-0.1, -0.05) is 46.9 Å². The second kappa shape index (κ2) is 5.78. The summed E-state index contributed by atoms with van der Waals surface area (Å²) in [7, 11) is 0. The van der Waals surface area contributed by atoms with Gasteiger partial charge in [0.05, 0.1) is 10.7 Å². The zero-order valence-electron chi connectivity index (χ0n) is 9.88. The van der Waals surface area contributed by atoms with Crippen LogP contribution in [0.15, 0.2) is 30.3 Å². The Kier molecular flexibility index (Phi) is 4.30. The number of nitrogens with one attached hydrogen (secondary N) is 1. The highest BCUT2D eigenvalue weighted by Crippen LogP contribution is 2.26. The molecule has 1 N–H and O–H groups in total. The molecule has 0 radical (unpaired) electrons. The summed E-state index contributed by atoms with van der Waals surface area (Å²) in [4.78, 5) is 15.9. The van der Waals surface area contributed by atoms with E-state index in [1.807, 2.05) is 19.1 Å². The quantitative estimate of drug-likeness (QED) is 0.823. The molecule has 0 saturated heterocycles. The fraction of sp³-hybridized carbons (Fsp3) is 0.0769. The Morgan fingerprint density at radius 2 is 1.79 bits per heavy atom. The predicted molar refractivity (Wildman–Crippen MR) is 78.4 cm³/mol. The first-order valence-corrected chi connectivity index (χ1v) is 6.50. The molecule has 6 heteroatoms. The van der Waals surface area contributed by atoms with Crippen LogP contribution in [0.25, 0.3) is 0 Å². The van der Waals surface area contributed by atoms with Crippen molar-refractivity contribution in [1.82, 2.24) is 4.98 Å². The molecule has 0 aliphatic rings. The second-order valence-electron chi connectivity index (χ2n) is 3.89. The molecule has 0 aliphatic carbocycles. The molecule has 2 rings (SSSR count). The second-order valence-corrected chi connectivity index (χ2v) is 5.07. The Morgan fingerprint density at radius 1 is 1.16 bits per heavy atom. The minimum absolute atomic E-state index is 0.161. The third-order valence-electron chi connectivity index (χ3n) is 2.49. The number of para-hydroxylation sites is 1. The zero-order valence-corrected chi connectivity index (χ0v) is 12.1. The van der Waals surface area contributed by atoms with Gasteiger partial charge in [0, 0.05) is 5.56 Å². The van der Waals surface area contributed by atoms with Gasteiger partial charge in [-0.2, -0.15) is 0 Å². The lowest BCUT2D eigenvalue weighted by Crippen LogP contribution is -2.13.